The highest BCUT2D eigenvalue weighted by Gasteiger charge is 2.27. The van der Waals surface area contributed by atoms with Crippen molar-refractivity contribution in [1.29, 1.82) is 0 Å². The number of carbonyl (C=O) groups is 1. The molecule has 1 aromatic carbocycles. The van der Waals surface area contributed by atoms with Crippen LogP contribution in [0.15, 0.2) is 35.5 Å². The Labute approximate surface area is 153 Å². The number of thioether (sulfide) groups is 1. The molecule has 0 bridgehead atoms. The zero-order valence-corrected chi connectivity index (χ0v) is 15.9. The number of nitrogens with zero attached hydrogens (tertiary/aromatic N) is 5. The Morgan fingerprint density at radius 1 is 1.16 bits per heavy atom. The Morgan fingerprint density at radius 2 is 1.84 bits per heavy atom. The first kappa shape index (κ1) is 17.8. The van der Waals surface area contributed by atoms with E-state index in [0.29, 0.717) is 0 Å². The van der Waals surface area contributed by atoms with E-state index in [1.165, 1.54) is 17.4 Å². The van der Waals surface area contributed by atoms with Crippen LogP contribution in [0.3, 0.4) is 0 Å². The second kappa shape index (κ2) is 7.91. The Hall–Kier alpha value is -2.02. The summed E-state index contributed by atoms with van der Waals surface area (Å²) in [5, 5.41) is 8.99. The van der Waals surface area contributed by atoms with Gasteiger partial charge in [-0.2, -0.15) is 0 Å². The normalized spacial score (nSPS) is 16.1. The average Bonchev–Trinajstić information content (AvgIpc) is 3.01. The van der Waals surface area contributed by atoms with Crippen molar-refractivity contribution in [3.8, 4) is 0 Å². The fourth-order valence-corrected chi connectivity index (χ4v) is 4.14. The summed E-state index contributed by atoms with van der Waals surface area (Å²) in [4.78, 5) is 17.1. The maximum Gasteiger partial charge on any atom is 0.236 e. The number of hydrogen-bond donors (Lipinski definition) is 0. The molecule has 1 aliphatic heterocycles. The van der Waals surface area contributed by atoms with E-state index in [1.807, 2.05) is 29.4 Å². The lowest BCUT2D eigenvalue weighted by atomic mass is 10.2. The van der Waals surface area contributed by atoms with Crippen molar-refractivity contribution in [3.63, 3.8) is 0 Å². The van der Waals surface area contributed by atoms with Crippen LogP contribution in [0.25, 0.3) is 0 Å². The fraction of sp³-hybridized carbons (Fsp3) is 0.500. The maximum absolute atomic E-state index is 12.8. The molecule has 134 valence electrons. The van der Waals surface area contributed by atoms with Crippen molar-refractivity contribution in [3.05, 3.63) is 36.2 Å². The Kier molecular flexibility index (Phi) is 5.63. The van der Waals surface area contributed by atoms with Crippen LogP contribution >= 0.6 is 11.8 Å². The van der Waals surface area contributed by atoms with E-state index in [1.54, 1.807) is 0 Å². The summed E-state index contributed by atoms with van der Waals surface area (Å²) in [5.74, 6) is 1.07. The summed E-state index contributed by atoms with van der Waals surface area (Å²) < 4.78 is 2.04. The van der Waals surface area contributed by atoms with Crippen LogP contribution in [0.1, 0.15) is 19.7 Å². The van der Waals surface area contributed by atoms with Gasteiger partial charge in [0.15, 0.2) is 5.16 Å². The lowest BCUT2D eigenvalue weighted by Crippen LogP contribution is -2.50. The van der Waals surface area contributed by atoms with Crippen molar-refractivity contribution in [2.24, 2.45) is 0 Å². The highest BCUT2D eigenvalue weighted by molar-refractivity contribution is 8.00. The molecule has 2 heterocycles. The quantitative estimate of drug-likeness (QED) is 0.768. The van der Waals surface area contributed by atoms with Crippen molar-refractivity contribution in [1.82, 2.24) is 19.7 Å². The summed E-state index contributed by atoms with van der Waals surface area (Å²) in [5.41, 5.74) is 1.23. The zero-order chi connectivity index (χ0) is 17.8. The smallest absolute Gasteiger partial charge is 0.236 e. The molecule has 0 radical (unpaired) electrons. The van der Waals surface area contributed by atoms with Crippen molar-refractivity contribution in [2.45, 2.75) is 37.7 Å². The molecule has 0 spiro atoms. The Balaban J connectivity index is 1.57. The number of amides is 1. The summed E-state index contributed by atoms with van der Waals surface area (Å²) in [6.07, 6.45) is 0. The average molecular weight is 359 g/mol. The van der Waals surface area contributed by atoms with Crippen LogP contribution in [-0.4, -0.2) is 57.0 Å². The summed E-state index contributed by atoms with van der Waals surface area (Å²) in [6.45, 7) is 10.1. The first-order valence-electron chi connectivity index (χ1n) is 8.75. The molecule has 7 heteroatoms. The number of anilines is 1. The predicted molar refractivity (Wildman–Crippen MR) is 101 cm³/mol. The molecule has 0 aliphatic carbocycles. The largest absolute Gasteiger partial charge is 0.368 e. The molecular formula is C18H25N5OS. The van der Waals surface area contributed by atoms with E-state index in [2.05, 4.69) is 46.3 Å². The van der Waals surface area contributed by atoms with Crippen molar-refractivity contribution < 1.29 is 4.79 Å². The third kappa shape index (κ3) is 3.98. The number of hydrogen-bond acceptors (Lipinski definition) is 5. The van der Waals surface area contributed by atoms with E-state index in [4.69, 9.17) is 0 Å². The third-order valence-electron chi connectivity index (χ3n) is 4.56. The lowest BCUT2D eigenvalue weighted by Gasteiger charge is -2.37. The predicted octanol–water partition coefficient (Wildman–Crippen LogP) is 2.44. The number of benzene rings is 1. The van der Waals surface area contributed by atoms with E-state index in [-0.39, 0.29) is 11.2 Å². The molecule has 3 rings (SSSR count). The van der Waals surface area contributed by atoms with Gasteiger partial charge in [0.05, 0.1) is 5.25 Å². The molecule has 1 saturated heterocycles. The van der Waals surface area contributed by atoms with Gasteiger partial charge in [-0.1, -0.05) is 30.0 Å². The molecule has 0 saturated carbocycles. The van der Waals surface area contributed by atoms with Gasteiger partial charge in [0.1, 0.15) is 5.82 Å². The van der Waals surface area contributed by atoms with Gasteiger partial charge in [-0.25, -0.2) is 0 Å². The van der Waals surface area contributed by atoms with Crippen LogP contribution in [0.2, 0.25) is 0 Å². The minimum absolute atomic E-state index is 0.155. The van der Waals surface area contributed by atoms with Crippen LogP contribution < -0.4 is 4.90 Å². The second-order valence-electron chi connectivity index (χ2n) is 6.18. The van der Waals surface area contributed by atoms with Gasteiger partial charge in [-0.3, -0.25) is 4.79 Å². The summed E-state index contributed by atoms with van der Waals surface area (Å²) in [6, 6.07) is 10.4. The molecule has 2 aromatic rings. The van der Waals surface area contributed by atoms with Gasteiger partial charge in [0.2, 0.25) is 5.91 Å². The van der Waals surface area contributed by atoms with Gasteiger partial charge in [0, 0.05) is 38.4 Å². The second-order valence-corrected chi connectivity index (χ2v) is 7.49. The molecule has 1 aromatic heterocycles. The number of rotatable bonds is 5. The van der Waals surface area contributed by atoms with Gasteiger partial charge in [0.25, 0.3) is 0 Å². The molecule has 1 fully saturated rings. The standard InChI is InChI=1S/C18H25N5OS/c1-4-23-15(3)19-20-18(23)25-14(2)17(24)22-12-10-21(11-13-22)16-8-6-5-7-9-16/h5-9,14H,4,10-13H2,1-3H3. The van der Waals surface area contributed by atoms with Gasteiger partial charge in [-0.05, 0) is 32.9 Å². The lowest BCUT2D eigenvalue weighted by molar-refractivity contribution is -0.130. The van der Waals surface area contributed by atoms with Gasteiger partial charge in [-0.15, -0.1) is 10.2 Å². The molecule has 1 aliphatic rings. The molecule has 0 N–H and O–H groups in total. The molecular weight excluding hydrogens is 334 g/mol. The summed E-state index contributed by atoms with van der Waals surface area (Å²) >= 11 is 1.50. The molecule has 25 heavy (non-hydrogen) atoms. The van der Waals surface area contributed by atoms with Crippen molar-refractivity contribution in [2.75, 3.05) is 31.1 Å². The van der Waals surface area contributed by atoms with Crippen LogP contribution in [-0.2, 0) is 11.3 Å². The number of aryl methyl sites for hydroxylation is 1. The summed E-state index contributed by atoms with van der Waals surface area (Å²) in [7, 11) is 0. The van der Waals surface area contributed by atoms with E-state index in [9.17, 15) is 4.79 Å². The monoisotopic (exact) mass is 359 g/mol. The molecule has 1 atom stereocenters. The first-order valence-corrected chi connectivity index (χ1v) is 9.63. The third-order valence-corrected chi connectivity index (χ3v) is 5.63. The van der Waals surface area contributed by atoms with Crippen molar-refractivity contribution >= 4 is 23.4 Å². The highest BCUT2D eigenvalue weighted by atomic mass is 32.2. The zero-order valence-electron chi connectivity index (χ0n) is 15.1. The number of para-hydroxylation sites is 1. The van der Waals surface area contributed by atoms with E-state index in [0.717, 1.165) is 43.7 Å². The van der Waals surface area contributed by atoms with Gasteiger partial charge >= 0.3 is 0 Å². The van der Waals surface area contributed by atoms with E-state index < -0.39 is 0 Å². The minimum Gasteiger partial charge on any atom is -0.368 e. The number of carbonyl (C=O) groups excluding carboxylic acids is 1. The Bertz CT molecular complexity index is 710. The topological polar surface area (TPSA) is 54.3 Å². The SMILES string of the molecule is CCn1c(C)nnc1SC(C)C(=O)N1CCN(c2ccccc2)CC1. The highest BCUT2D eigenvalue weighted by Crippen LogP contribution is 2.24. The van der Waals surface area contributed by atoms with E-state index >= 15 is 0 Å². The minimum atomic E-state index is -0.155. The van der Waals surface area contributed by atoms with Crippen LogP contribution in [0.4, 0.5) is 5.69 Å². The maximum atomic E-state index is 12.8. The molecule has 1 unspecified atom stereocenters. The fourth-order valence-electron chi connectivity index (χ4n) is 3.10. The van der Waals surface area contributed by atoms with Gasteiger partial charge < -0.3 is 14.4 Å². The Morgan fingerprint density at radius 3 is 2.48 bits per heavy atom. The molecule has 6 nitrogen and oxygen atoms in total. The first-order chi connectivity index (χ1) is 12.1. The van der Waals surface area contributed by atoms with Crippen LogP contribution in [0.5, 0.6) is 0 Å². The molecule has 1 amide bonds. The van der Waals surface area contributed by atoms with Crippen LogP contribution in [0, 0.1) is 6.92 Å². The number of aromatic nitrogens is 3. The number of piperazine rings is 1.